The van der Waals surface area contributed by atoms with Gasteiger partial charge in [0.25, 0.3) is 0 Å². The Kier molecular flexibility index (Phi) is 5.80. The Morgan fingerprint density at radius 1 is 1.19 bits per heavy atom. The third kappa shape index (κ3) is 3.69. The molecule has 1 aromatic heterocycles. The van der Waals surface area contributed by atoms with Crippen molar-refractivity contribution >= 4 is 39.0 Å². The first kappa shape index (κ1) is 22.4. The lowest BCUT2D eigenvalue weighted by atomic mass is 9.92. The molecule has 170 valence electrons. The van der Waals surface area contributed by atoms with Gasteiger partial charge < -0.3 is 14.4 Å². The first-order valence-electron chi connectivity index (χ1n) is 9.95. The normalized spacial score (nSPS) is 25.0. The number of hydrogen-bond donors (Lipinski definition) is 0. The topological polar surface area (TPSA) is 120 Å². The largest absolute Gasteiger partial charge is 0.464 e. The highest BCUT2D eigenvalue weighted by Crippen LogP contribution is 2.49. The molecule has 2 aliphatic rings. The number of hydrogen-bond acceptors (Lipinski definition) is 9. The van der Waals surface area contributed by atoms with E-state index >= 15 is 0 Å². The Hall–Kier alpha value is -2.79. The maximum atomic E-state index is 13.2. The van der Waals surface area contributed by atoms with Crippen LogP contribution in [0.4, 0.5) is 0 Å². The zero-order valence-corrected chi connectivity index (χ0v) is 19.1. The summed E-state index contributed by atoms with van der Waals surface area (Å²) in [5.74, 6) is -2.98. The van der Waals surface area contributed by atoms with Crippen LogP contribution in [-0.4, -0.2) is 58.9 Å². The van der Waals surface area contributed by atoms with Crippen molar-refractivity contribution in [2.45, 2.75) is 43.0 Å². The van der Waals surface area contributed by atoms with Crippen LogP contribution >= 0.6 is 11.3 Å². The summed E-state index contributed by atoms with van der Waals surface area (Å²) >= 11 is 1.29. The molecule has 0 bridgehead atoms. The summed E-state index contributed by atoms with van der Waals surface area (Å²) in [4.78, 5) is 42.7. The maximum Gasteiger partial charge on any atom is 0.330 e. The van der Waals surface area contributed by atoms with Gasteiger partial charge in [-0.1, -0.05) is 30.3 Å². The van der Waals surface area contributed by atoms with Crippen molar-refractivity contribution in [1.29, 1.82) is 0 Å². The molecule has 32 heavy (non-hydrogen) atoms. The summed E-state index contributed by atoms with van der Waals surface area (Å²) in [5.41, 5.74) is 0.746. The standard InChI is InChI=1S/C21H22N2O7S2/c1-21(2)17(20(26)30-11-13-6-4-3-5-7-13)23-18(25)14(19(23)32(21,27)28)12-29-16(24)10-15-22-8-9-31-15/h3-9,14,17,19H,10-12H2,1-2H3/t14-,17+,19-/m1/s1. The second-order valence-corrected chi connectivity index (χ2v) is 11.8. The molecular weight excluding hydrogens is 456 g/mol. The molecule has 0 N–H and O–H groups in total. The third-order valence-electron chi connectivity index (χ3n) is 5.83. The van der Waals surface area contributed by atoms with Crippen LogP contribution in [0.25, 0.3) is 0 Å². The molecule has 0 unspecified atom stereocenters. The molecule has 2 saturated heterocycles. The average molecular weight is 479 g/mol. The fraction of sp³-hybridized carbons (Fsp3) is 0.429. The van der Waals surface area contributed by atoms with E-state index in [0.29, 0.717) is 5.01 Å². The van der Waals surface area contributed by atoms with Gasteiger partial charge in [-0.25, -0.2) is 18.2 Å². The molecule has 2 fully saturated rings. The van der Waals surface area contributed by atoms with Crippen molar-refractivity contribution in [3.8, 4) is 0 Å². The monoisotopic (exact) mass is 478 g/mol. The van der Waals surface area contributed by atoms with Crippen LogP contribution < -0.4 is 0 Å². The number of ether oxygens (including phenoxy) is 2. The highest BCUT2D eigenvalue weighted by Gasteiger charge is 2.72. The number of fused-ring (bicyclic) bond motifs is 1. The van der Waals surface area contributed by atoms with Gasteiger partial charge in [0.15, 0.2) is 15.2 Å². The molecule has 3 atom stereocenters. The summed E-state index contributed by atoms with van der Waals surface area (Å²) in [6.45, 7) is 2.42. The molecule has 11 heteroatoms. The molecule has 3 heterocycles. The molecule has 2 aliphatic heterocycles. The van der Waals surface area contributed by atoms with Gasteiger partial charge in [0.2, 0.25) is 5.91 Å². The Morgan fingerprint density at radius 2 is 1.91 bits per heavy atom. The molecule has 0 radical (unpaired) electrons. The summed E-state index contributed by atoms with van der Waals surface area (Å²) in [5, 5.41) is 1.06. The molecule has 1 aromatic carbocycles. The predicted molar refractivity (Wildman–Crippen MR) is 114 cm³/mol. The van der Waals surface area contributed by atoms with E-state index < -0.39 is 49.8 Å². The lowest BCUT2D eigenvalue weighted by Crippen LogP contribution is -2.64. The highest BCUT2D eigenvalue weighted by molar-refractivity contribution is 7.93. The summed E-state index contributed by atoms with van der Waals surface area (Å²) in [6, 6.07) is 7.70. The second kappa shape index (κ2) is 8.28. The van der Waals surface area contributed by atoms with Gasteiger partial charge in [-0.3, -0.25) is 9.59 Å². The molecule has 0 spiro atoms. The molecule has 9 nitrogen and oxygen atoms in total. The number of β-lactam (4-membered cyclic amide) rings is 1. The number of sulfone groups is 1. The minimum atomic E-state index is -3.92. The Morgan fingerprint density at radius 3 is 2.56 bits per heavy atom. The predicted octanol–water partition coefficient (Wildman–Crippen LogP) is 1.33. The van der Waals surface area contributed by atoms with E-state index in [4.69, 9.17) is 9.47 Å². The van der Waals surface area contributed by atoms with E-state index in [9.17, 15) is 22.8 Å². The van der Waals surface area contributed by atoms with Gasteiger partial charge in [0, 0.05) is 11.6 Å². The van der Waals surface area contributed by atoms with E-state index in [1.165, 1.54) is 25.2 Å². The van der Waals surface area contributed by atoms with Gasteiger partial charge >= 0.3 is 11.9 Å². The fourth-order valence-electron chi connectivity index (χ4n) is 4.05. The van der Waals surface area contributed by atoms with Gasteiger partial charge in [-0.15, -0.1) is 11.3 Å². The van der Waals surface area contributed by atoms with Crippen LogP contribution in [0.15, 0.2) is 41.9 Å². The Bertz CT molecular complexity index is 1130. The van der Waals surface area contributed by atoms with Gasteiger partial charge in [0.05, 0.1) is 11.2 Å². The van der Waals surface area contributed by atoms with E-state index in [1.807, 2.05) is 6.07 Å². The molecule has 0 aliphatic carbocycles. The van der Waals surface area contributed by atoms with Crippen LogP contribution in [0.5, 0.6) is 0 Å². The maximum absolute atomic E-state index is 13.2. The number of carbonyl (C=O) groups is 3. The molecule has 1 amide bonds. The van der Waals surface area contributed by atoms with Crippen molar-refractivity contribution in [1.82, 2.24) is 9.88 Å². The van der Waals surface area contributed by atoms with Gasteiger partial charge in [0.1, 0.15) is 30.2 Å². The molecule has 2 aromatic rings. The van der Waals surface area contributed by atoms with Crippen LogP contribution in [0, 0.1) is 5.92 Å². The van der Waals surface area contributed by atoms with Gasteiger partial charge in [-0.2, -0.15) is 0 Å². The van der Waals surface area contributed by atoms with Gasteiger partial charge in [-0.05, 0) is 19.4 Å². The number of amides is 1. The number of carbonyl (C=O) groups excluding carboxylic acids is 3. The van der Waals surface area contributed by atoms with Crippen molar-refractivity contribution in [2.24, 2.45) is 5.92 Å². The van der Waals surface area contributed by atoms with Crippen LogP contribution in [0.3, 0.4) is 0 Å². The van der Waals surface area contributed by atoms with E-state index in [-0.39, 0.29) is 19.6 Å². The van der Waals surface area contributed by atoms with Crippen LogP contribution in [-0.2, 0) is 46.7 Å². The van der Waals surface area contributed by atoms with Crippen LogP contribution in [0.1, 0.15) is 24.4 Å². The lowest BCUT2D eigenvalue weighted by molar-refractivity contribution is -0.171. The van der Waals surface area contributed by atoms with E-state index in [2.05, 4.69) is 4.98 Å². The first-order valence-corrected chi connectivity index (χ1v) is 12.4. The zero-order chi connectivity index (χ0) is 23.1. The number of esters is 2. The van der Waals surface area contributed by atoms with Crippen molar-refractivity contribution in [3.05, 3.63) is 52.5 Å². The highest BCUT2D eigenvalue weighted by atomic mass is 32.2. The zero-order valence-electron chi connectivity index (χ0n) is 17.5. The lowest BCUT2D eigenvalue weighted by Gasteiger charge is -2.42. The molecule has 4 rings (SSSR count). The number of benzene rings is 1. The molecular formula is C21H22N2O7S2. The fourth-order valence-corrected chi connectivity index (χ4v) is 6.95. The van der Waals surface area contributed by atoms with Crippen LogP contribution in [0.2, 0.25) is 0 Å². The SMILES string of the molecule is CC1(C)[C@H](C(=O)OCc2ccccc2)N2C(=O)[C@@H](COC(=O)Cc3nccs3)[C@H]2S1(=O)=O. The summed E-state index contributed by atoms with van der Waals surface area (Å²) < 4.78 is 35.3. The minimum Gasteiger partial charge on any atom is -0.464 e. The Balaban J connectivity index is 1.45. The quantitative estimate of drug-likeness (QED) is 0.432. The Labute approximate surface area is 189 Å². The number of rotatable bonds is 7. The number of nitrogens with zero attached hydrogens (tertiary/aromatic N) is 2. The van der Waals surface area contributed by atoms with Crippen molar-refractivity contribution < 1.29 is 32.3 Å². The average Bonchev–Trinajstić information content (AvgIpc) is 3.30. The second-order valence-electron chi connectivity index (χ2n) is 8.17. The number of aromatic nitrogens is 1. The number of thiazole rings is 1. The minimum absolute atomic E-state index is 0.0310. The van der Waals surface area contributed by atoms with E-state index in [1.54, 1.807) is 35.8 Å². The smallest absolute Gasteiger partial charge is 0.330 e. The summed E-state index contributed by atoms with van der Waals surface area (Å²) in [6.07, 6.45) is 1.50. The van der Waals surface area contributed by atoms with Crippen molar-refractivity contribution in [3.63, 3.8) is 0 Å². The van der Waals surface area contributed by atoms with E-state index in [0.717, 1.165) is 10.5 Å². The summed E-state index contributed by atoms with van der Waals surface area (Å²) in [7, 11) is -3.92. The first-order chi connectivity index (χ1) is 15.1. The molecule has 0 saturated carbocycles. The van der Waals surface area contributed by atoms with Crippen molar-refractivity contribution in [2.75, 3.05) is 6.61 Å². The third-order valence-corrected chi connectivity index (χ3v) is 9.49.